The lowest BCUT2D eigenvalue weighted by molar-refractivity contribution is 0.512. The van der Waals surface area contributed by atoms with E-state index in [1.54, 1.807) is 6.20 Å². The Bertz CT molecular complexity index is 667. The predicted molar refractivity (Wildman–Crippen MR) is 78.0 cm³/mol. The van der Waals surface area contributed by atoms with Crippen molar-refractivity contribution in [1.29, 1.82) is 5.41 Å². The molecule has 98 valence electrons. The third-order valence-electron chi connectivity index (χ3n) is 3.44. The lowest BCUT2D eigenvalue weighted by Gasteiger charge is -2.12. The van der Waals surface area contributed by atoms with Crippen molar-refractivity contribution in [2.45, 2.75) is 25.7 Å². The fourth-order valence-corrected chi connectivity index (χ4v) is 3.52. The maximum atomic E-state index is 10.2. The van der Waals surface area contributed by atoms with E-state index >= 15 is 0 Å². The number of nitrogens with one attached hydrogen (secondary N) is 1. The third kappa shape index (κ3) is 2.36. The van der Waals surface area contributed by atoms with Crippen LogP contribution >= 0.6 is 11.3 Å². The normalized spacial score (nSPS) is 15.3. The molecule has 1 aliphatic carbocycles. The zero-order chi connectivity index (χ0) is 13.2. The summed E-state index contributed by atoms with van der Waals surface area (Å²) in [5.41, 5.74) is 1.98. The Labute approximate surface area is 116 Å². The summed E-state index contributed by atoms with van der Waals surface area (Å²) >= 11 is 1.53. The molecule has 19 heavy (non-hydrogen) atoms. The van der Waals surface area contributed by atoms with Crippen molar-refractivity contribution in [3.63, 3.8) is 0 Å². The summed E-state index contributed by atoms with van der Waals surface area (Å²) in [7, 11) is 0. The average Bonchev–Trinajstić information content (AvgIpc) is 2.76. The number of hydrogen-bond acceptors (Lipinski definition) is 3. The van der Waals surface area contributed by atoms with Gasteiger partial charge < -0.3 is 5.11 Å². The molecular weight excluding hydrogens is 256 g/mol. The van der Waals surface area contributed by atoms with Crippen LogP contribution in [0.25, 0.3) is 12.0 Å². The summed E-state index contributed by atoms with van der Waals surface area (Å²) in [6.45, 7) is 0. The van der Waals surface area contributed by atoms with E-state index in [-0.39, 0.29) is 5.76 Å². The first-order valence-electron chi connectivity index (χ1n) is 6.49. The highest BCUT2D eigenvalue weighted by molar-refractivity contribution is 7.09. The largest absolute Gasteiger partial charge is 0.506 e. The summed E-state index contributed by atoms with van der Waals surface area (Å²) in [4.78, 5) is 1.79. The number of fused-ring (bicyclic) bond motifs is 1. The number of benzene rings is 1. The van der Waals surface area contributed by atoms with Gasteiger partial charge in [-0.2, -0.15) is 0 Å². The first kappa shape index (κ1) is 12.2. The van der Waals surface area contributed by atoms with E-state index in [1.807, 2.05) is 34.9 Å². The minimum atomic E-state index is 0.213. The summed E-state index contributed by atoms with van der Waals surface area (Å²) in [6, 6.07) is 9.46. The van der Waals surface area contributed by atoms with E-state index in [4.69, 9.17) is 5.41 Å². The van der Waals surface area contributed by atoms with Crippen LogP contribution in [-0.4, -0.2) is 9.67 Å². The molecule has 0 bridgehead atoms. The topological polar surface area (TPSA) is 49.0 Å². The standard InChI is InChI=1S/C15H16N2OS/c16-15-17(12-8-4-5-9-14(12)19-15)10-13(18)11-6-2-1-3-7-11/h1-3,6-7,10,16,18H,4-5,8-9H2/b13-10-,16-15?. The van der Waals surface area contributed by atoms with Gasteiger partial charge in [0, 0.05) is 16.1 Å². The van der Waals surface area contributed by atoms with E-state index < -0.39 is 0 Å². The molecule has 3 nitrogen and oxygen atoms in total. The van der Waals surface area contributed by atoms with Gasteiger partial charge in [0.2, 0.25) is 0 Å². The SMILES string of the molecule is N=c1sc2c(n1/C=C(\O)c1ccccc1)CCCC2. The molecule has 0 saturated carbocycles. The molecule has 1 aromatic heterocycles. The molecule has 1 heterocycles. The van der Waals surface area contributed by atoms with E-state index in [0.29, 0.717) is 4.80 Å². The fourth-order valence-electron chi connectivity index (χ4n) is 2.46. The molecule has 0 fully saturated rings. The van der Waals surface area contributed by atoms with Gasteiger partial charge in [0.05, 0.1) is 6.20 Å². The van der Waals surface area contributed by atoms with Crippen LogP contribution in [0.2, 0.25) is 0 Å². The quantitative estimate of drug-likeness (QED) is 0.809. The second-order valence-electron chi connectivity index (χ2n) is 4.73. The first-order valence-corrected chi connectivity index (χ1v) is 7.31. The molecule has 2 N–H and O–H groups in total. The Hall–Kier alpha value is -1.81. The van der Waals surface area contributed by atoms with Crippen molar-refractivity contribution < 1.29 is 5.11 Å². The number of thiazole rings is 1. The van der Waals surface area contributed by atoms with Gasteiger partial charge in [-0.25, -0.2) is 0 Å². The molecule has 2 aromatic rings. The van der Waals surface area contributed by atoms with Crippen LogP contribution in [-0.2, 0) is 12.8 Å². The van der Waals surface area contributed by atoms with Gasteiger partial charge in [-0.1, -0.05) is 30.3 Å². The van der Waals surface area contributed by atoms with Crippen molar-refractivity contribution in [3.8, 4) is 0 Å². The Morgan fingerprint density at radius 3 is 2.74 bits per heavy atom. The maximum Gasteiger partial charge on any atom is 0.186 e. The van der Waals surface area contributed by atoms with Crippen LogP contribution in [0.5, 0.6) is 0 Å². The van der Waals surface area contributed by atoms with E-state index in [2.05, 4.69) is 0 Å². The fraction of sp³-hybridized carbons (Fsp3) is 0.267. The molecule has 1 aliphatic rings. The summed E-state index contributed by atoms with van der Waals surface area (Å²) in [5, 5.41) is 18.2. The molecule has 3 rings (SSSR count). The average molecular weight is 272 g/mol. The molecule has 0 spiro atoms. The molecular formula is C15H16N2OS. The van der Waals surface area contributed by atoms with Crippen molar-refractivity contribution in [2.75, 3.05) is 0 Å². The Kier molecular flexibility index (Phi) is 3.25. The highest BCUT2D eigenvalue weighted by atomic mass is 32.1. The molecule has 0 atom stereocenters. The molecule has 4 heteroatoms. The van der Waals surface area contributed by atoms with Crippen LogP contribution in [0.1, 0.15) is 29.0 Å². The van der Waals surface area contributed by atoms with Crippen LogP contribution in [0.4, 0.5) is 0 Å². The Morgan fingerprint density at radius 1 is 1.21 bits per heavy atom. The van der Waals surface area contributed by atoms with Crippen LogP contribution in [0.3, 0.4) is 0 Å². The number of rotatable bonds is 2. The number of aromatic nitrogens is 1. The van der Waals surface area contributed by atoms with Gasteiger partial charge in [-0.15, -0.1) is 11.3 Å². The maximum absolute atomic E-state index is 10.2. The monoisotopic (exact) mass is 272 g/mol. The Morgan fingerprint density at radius 2 is 1.95 bits per heavy atom. The van der Waals surface area contributed by atoms with Crippen molar-refractivity contribution in [1.82, 2.24) is 4.57 Å². The van der Waals surface area contributed by atoms with Crippen molar-refractivity contribution >= 4 is 23.3 Å². The van der Waals surface area contributed by atoms with E-state index in [1.165, 1.54) is 34.7 Å². The lowest BCUT2D eigenvalue weighted by atomic mass is 10.0. The van der Waals surface area contributed by atoms with Crippen LogP contribution in [0.15, 0.2) is 30.3 Å². The van der Waals surface area contributed by atoms with E-state index in [9.17, 15) is 5.11 Å². The number of aryl methyl sites for hydroxylation is 1. The van der Waals surface area contributed by atoms with Gasteiger partial charge in [-0.3, -0.25) is 9.98 Å². The Balaban J connectivity index is 2.04. The first-order chi connectivity index (χ1) is 9.25. The highest BCUT2D eigenvalue weighted by Gasteiger charge is 2.16. The third-order valence-corrected chi connectivity index (χ3v) is 4.52. The van der Waals surface area contributed by atoms with Gasteiger partial charge in [0.25, 0.3) is 0 Å². The van der Waals surface area contributed by atoms with Gasteiger partial charge in [-0.05, 0) is 25.7 Å². The molecule has 1 aromatic carbocycles. The molecule has 0 saturated heterocycles. The van der Waals surface area contributed by atoms with Crippen molar-refractivity contribution in [3.05, 3.63) is 51.3 Å². The second kappa shape index (κ2) is 5.05. The van der Waals surface area contributed by atoms with Crippen LogP contribution in [0, 0.1) is 5.41 Å². The van der Waals surface area contributed by atoms with Gasteiger partial charge in [0.15, 0.2) is 4.80 Å². The lowest BCUT2D eigenvalue weighted by Crippen LogP contribution is -2.12. The van der Waals surface area contributed by atoms with Gasteiger partial charge >= 0.3 is 0 Å². The number of aliphatic hydroxyl groups is 1. The highest BCUT2D eigenvalue weighted by Crippen LogP contribution is 2.24. The summed E-state index contributed by atoms with van der Waals surface area (Å²) in [6.07, 6.45) is 6.13. The smallest absolute Gasteiger partial charge is 0.186 e. The molecule has 0 unspecified atom stereocenters. The minimum Gasteiger partial charge on any atom is -0.506 e. The van der Waals surface area contributed by atoms with Crippen molar-refractivity contribution in [2.24, 2.45) is 0 Å². The number of aliphatic hydroxyl groups excluding tert-OH is 1. The molecule has 0 radical (unpaired) electrons. The predicted octanol–water partition coefficient (Wildman–Crippen LogP) is 3.42. The zero-order valence-corrected chi connectivity index (χ0v) is 11.4. The van der Waals surface area contributed by atoms with Crippen LogP contribution < -0.4 is 4.80 Å². The molecule has 0 amide bonds. The van der Waals surface area contributed by atoms with Gasteiger partial charge in [0.1, 0.15) is 5.76 Å². The summed E-state index contributed by atoms with van der Waals surface area (Å²) < 4.78 is 1.83. The number of hydrogen-bond donors (Lipinski definition) is 2. The van der Waals surface area contributed by atoms with E-state index in [0.717, 1.165) is 18.4 Å². The molecule has 0 aliphatic heterocycles. The zero-order valence-electron chi connectivity index (χ0n) is 10.6. The summed E-state index contributed by atoms with van der Waals surface area (Å²) in [5.74, 6) is 0.213. The number of nitrogens with zero attached hydrogens (tertiary/aromatic N) is 1. The second-order valence-corrected chi connectivity index (χ2v) is 5.82. The minimum absolute atomic E-state index is 0.213.